The van der Waals surface area contributed by atoms with Crippen molar-refractivity contribution >= 4 is 17.8 Å². The van der Waals surface area contributed by atoms with Crippen molar-refractivity contribution in [3.05, 3.63) is 0 Å². The van der Waals surface area contributed by atoms with Gasteiger partial charge in [0, 0.05) is 24.9 Å². The van der Waals surface area contributed by atoms with Crippen LogP contribution < -0.4 is 5.32 Å². The van der Waals surface area contributed by atoms with E-state index in [0.717, 1.165) is 19.6 Å². The average Bonchev–Trinajstić information content (AvgIpc) is 2.81. The lowest BCUT2D eigenvalue weighted by molar-refractivity contribution is 0.209. The number of rotatable bonds is 2. The van der Waals surface area contributed by atoms with E-state index in [4.69, 9.17) is 0 Å². The molecule has 2 fully saturated rings. The molecule has 0 saturated carbocycles. The monoisotopic (exact) mass is 228 g/mol. The summed E-state index contributed by atoms with van der Waals surface area (Å²) in [5.41, 5.74) is 0. The predicted molar refractivity (Wildman–Crippen MR) is 64.3 cm³/mol. The van der Waals surface area contributed by atoms with Gasteiger partial charge in [-0.2, -0.15) is 11.8 Å². The molecule has 2 rings (SSSR count). The molecule has 2 amide bonds. The zero-order valence-corrected chi connectivity index (χ0v) is 10.0. The van der Waals surface area contributed by atoms with Gasteiger partial charge >= 0.3 is 6.03 Å². The lowest BCUT2D eigenvalue weighted by Gasteiger charge is -2.23. The van der Waals surface area contributed by atoms with Crippen molar-refractivity contribution in [3.63, 3.8) is 0 Å². The summed E-state index contributed by atoms with van der Waals surface area (Å²) >= 11 is 2.01. The molecule has 15 heavy (non-hydrogen) atoms. The third-order valence-electron chi connectivity index (χ3n) is 3.15. The molecule has 2 saturated heterocycles. The molecule has 0 bridgehead atoms. The Morgan fingerprint density at radius 2 is 2.07 bits per heavy atom. The molecular formula is C11H20N2OS. The van der Waals surface area contributed by atoms with Gasteiger partial charge in [0.25, 0.3) is 0 Å². The summed E-state index contributed by atoms with van der Waals surface area (Å²) in [6, 6.07) is 0.152. The summed E-state index contributed by atoms with van der Waals surface area (Å²) in [5.74, 6) is 1.27. The Bertz CT molecular complexity index is 211. The molecular weight excluding hydrogens is 208 g/mol. The number of urea groups is 1. The van der Waals surface area contributed by atoms with Crippen LogP contribution in [0.25, 0.3) is 0 Å². The van der Waals surface area contributed by atoms with E-state index in [2.05, 4.69) is 5.32 Å². The highest BCUT2D eigenvalue weighted by Crippen LogP contribution is 2.24. The van der Waals surface area contributed by atoms with Gasteiger partial charge in [-0.25, -0.2) is 4.79 Å². The Hall–Kier alpha value is -0.380. The van der Waals surface area contributed by atoms with Crippen molar-refractivity contribution in [1.29, 1.82) is 0 Å². The van der Waals surface area contributed by atoms with Crippen LogP contribution in [0.1, 0.15) is 32.1 Å². The smallest absolute Gasteiger partial charge is 0.317 e. The van der Waals surface area contributed by atoms with Gasteiger partial charge in [0.2, 0.25) is 0 Å². The molecule has 86 valence electrons. The minimum atomic E-state index is 0.152. The number of hydrogen-bond acceptors (Lipinski definition) is 2. The van der Waals surface area contributed by atoms with Gasteiger partial charge in [-0.3, -0.25) is 0 Å². The number of carbonyl (C=O) groups excluding carboxylic acids is 1. The summed E-state index contributed by atoms with van der Waals surface area (Å²) in [5, 5.41) is 3.72. The maximum absolute atomic E-state index is 11.7. The van der Waals surface area contributed by atoms with Crippen LogP contribution in [-0.4, -0.2) is 41.6 Å². The lowest BCUT2D eigenvalue weighted by Crippen LogP contribution is -2.41. The molecule has 0 aromatic heterocycles. The van der Waals surface area contributed by atoms with Crippen LogP contribution in [0.5, 0.6) is 0 Å². The standard InChI is InChI=1S/C11H20N2OS/c14-11(13-6-2-3-7-13)12-9-10-5-1-4-8-15-10/h10H,1-9H2,(H,12,14). The second-order valence-electron chi connectivity index (χ2n) is 4.37. The topological polar surface area (TPSA) is 32.3 Å². The van der Waals surface area contributed by atoms with E-state index in [0.29, 0.717) is 5.25 Å². The fraction of sp³-hybridized carbons (Fsp3) is 0.909. The van der Waals surface area contributed by atoms with Gasteiger partial charge < -0.3 is 10.2 Å². The van der Waals surface area contributed by atoms with E-state index in [9.17, 15) is 4.79 Å². The van der Waals surface area contributed by atoms with Crippen molar-refractivity contribution in [1.82, 2.24) is 10.2 Å². The number of nitrogens with one attached hydrogen (secondary N) is 1. The summed E-state index contributed by atoms with van der Waals surface area (Å²) in [6.45, 7) is 2.76. The van der Waals surface area contributed by atoms with Crippen LogP contribution in [-0.2, 0) is 0 Å². The van der Waals surface area contributed by atoms with E-state index < -0.39 is 0 Å². The highest BCUT2D eigenvalue weighted by Gasteiger charge is 2.19. The van der Waals surface area contributed by atoms with Crippen LogP contribution in [0.2, 0.25) is 0 Å². The number of amides is 2. The maximum atomic E-state index is 11.7. The van der Waals surface area contributed by atoms with Crippen LogP contribution in [0.15, 0.2) is 0 Å². The van der Waals surface area contributed by atoms with Gasteiger partial charge in [0.1, 0.15) is 0 Å². The minimum Gasteiger partial charge on any atom is -0.337 e. The zero-order valence-electron chi connectivity index (χ0n) is 9.21. The Morgan fingerprint density at radius 1 is 1.27 bits per heavy atom. The Labute approximate surface area is 96.0 Å². The molecule has 1 unspecified atom stereocenters. The quantitative estimate of drug-likeness (QED) is 0.785. The molecule has 1 N–H and O–H groups in total. The van der Waals surface area contributed by atoms with Crippen LogP contribution in [0.4, 0.5) is 4.79 Å². The molecule has 3 nitrogen and oxygen atoms in total. The van der Waals surface area contributed by atoms with Gasteiger partial charge in [-0.15, -0.1) is 0 Å². The molecule has 1 atom stereocenters. The molecule has 2 heterocycles. The third-order valence-corrected chi connectivity index (χ3v) is 4.55. The largest absolute Gasteiger partial charge is 0.337 e. The van der Waals surface area contributed by atoms with Crippen molar-refractivity contribution in [2.75, 3.05) is 25.4 Å². The van der Waals surface area contributed by atoms with Gasteiger partial charge in [-0.1, -0.05) is 6.42 Å². The first-order valence-corrected chi connectivity index (χ1v) is 7.05. The van der Waals surface area contributed by atoms with Crippen LogP contribution >= 0.6 is 11.8 Å². The summed E-state index contributed by atoms with van der Waals surface area (Å²) in [4.78, 5) is 13.6. The van der Waals surface area contributed by atoms with E-state index in [1.165, 1.54) is 37.9 Å². The summed E-state index contributed by atoms with van der Waals surface area (Å²) in [7, 11) is 0. The fourth-order valence-corrected chi connectivity index (χ4v) is 3.44. The highest BCUT2D eigenvalue weighted by molar-refractivity contribution is 7.99. The maximum Gasteiger partial charge on any atom is 0.317 e. The molecule has 0 aromatic carbocycles. The molecule has 0 aliphatic carbocycles. The van der Waals surface area contributed by atoms with Crippen molar-refractivity contribution in [3.8, 4) is 0 Å². The number of carbonyl (C=O) groups is 1. The molecule has 2 aliphatic heterocycles. The molecule has 4 heteroatoms. The fourth-order valence-electron chi connectivity index (χ4n) is 2.20. The summed E-state index contributed by atoms with van der Waals surface area (Å²) in [6.07, 6.45) is 6.29. The number of thioether (sulfide) groups is 1. The van der Waals surface area contributed by atoms with Crippen LogP contribution in [0, 0.1) is 0 Å². The summed E-state index contributed by atoms with van der Waals surface area (Å²) < 4.78 is 0. The van der Waals surface area contributed by atoms with Gasteiger partial charge in [-0.05, 0) is 31.4 Å². The predicted octanol–water partition coefficient (Wildman–Crippen LogP) is 2.08. The average molecular weight is 228 g/mol. The van der Waals surface area contributed by atoms with E-state index >= 15 is 0 Å². The van der Waals surface area contributed by atoms with Crippen LogP contribution in [0.3, 0.4) is 0 Å². The van der Waals surface area contributed by atoms with Crippen molar-refractivity contribution in [2.24, 2.45) is 0 Å². The van der Waals surface area contributed by atoms with Crippen molar-refractivity contribution in [2.45, 2.75) is 37.4 Å². The lowest BCUT2D eigenvalue weighted by atomic mass is 10.2. The zero-order chi connectivity index (χ0) is 10.5. The third kappa shape index (κ3) is 3.30. The van der Waals surface area contributed by atoms with Crippen molar-refractivity contribution < 1.29 is 4.79 Å². The minimum absolute atomic E-state index is 0.152. The van der Waals surface area contributed by atoms with Gasteiger partial charge in [0.15, 0.2) is 0 Å². The number of nitrogens with zero attached hydrogens (tertiary/aromatic N) is 1. The first-order chi connectivity index (χ1) is 7.36. The Kier molecular flexibility index (Phi) is 4.18. The SMILES string of the molecule is O=C(NCC1CCCCS1)N1CCCC1. The molecule has 0 spiro atoms. The number of hydrogen-bond donors (Lipinski definition) is 1. The van der Waals surface area contributed by atoms with E-state index in [1.54, 1.807) is 0 Å². The van der Waals surface area contributed by atoms with E-state index in [-0.39, 0.29) is 6.03 Å². The Morgan fingerprint density at radius 3 is 2.73 bits per heavy atom. The second-order valence-corrected chi connectivity index (χ2v) is 5.78. The molecule has 0 aromatic rings. The van der Waals surface area contributed by atoms with E-state index in [1.807, 2.05) is 16.7 Å². The highest BCUT2D eigenvalue weighted by atomic mass is 32.2. The first-order valence-electron chi connectivity index (χ1n) is 6.00. The normalized spacial score (nSPS) is 26.7. The Balaban J connectivity index is 1.65. The first kappa shape index (κ1) is 11.1. The second kappa shape index (κ2) is 5.64. The molecule has 2 aliphatic rings. The van der Waals surface area contributed by atoms with Gasteiger partial charge in [0.05, 0.1) is 0 Å². The molecule has 0 radical (unpaired) electrons. The number of likely N-dealkylation sites (tertiary alicyclic amines) is 1.